The van der Waals surface area contributed by atoms with Gasteiger partial charge in [0.05, 0.1) is 12.3 Å². The molecular weight excluding hydrogens is 274 g/mol. The minimum Gasteiger partial charge on any atom is -0.462 e. The van der Waals surface area contributed by atoms with E-state index in [1.165, 1.54) is 30.6 Å². The molecule has 0 unspecified atom stereocenters. The van der Waals surface area contributed by atoms with Crippen LogP contribution in [0.25, 0.3) is 0 Å². The van der Waals surface area contributed by atoms with Crippen LogP contribution in [-0.4, -0.2) is 19.1 Å². The van der Waals surface area contributed by atoms with Crippen molar-refractivity contribution in [2.75, 3.05) is 24.2 Å². The maximum atomic E-state index is 12.0. The zero-order valence-electron chi connectivity index (χ0n) is 11.8. The maximum absolute atomic E-state index is 12.0. The number of ether oxygens (including phenoxy) is 1. The maximum Gasteiger partial charge on any atom is 0.343 e. The first-order chi connectivity index (χ1) is 9.50. The van der Waals surface area contributed by atoms with Crippen LogP contribution in [0.15, 0.2) is 0 Å². The summed E-state index contributed by atoms with van der Waals surface area (Å²) in [7, 11) is 0. The van der Waals surface area contributed by atoms with Crippen molar-refractivity contribution in [1.29, 1.82) is 5.26 Å². The Kier molecular flexibility index (Phi) is 4.19. The molecule has 0 amide bonds. The number of anilines is 2. The second-order valence-electron chi connectivity index (χ2n) is 5.40. The van der Waals surface area contributed by atoms with Crippen molar-refractivity contribution in [2.45, 2.75) is 33.1 Å². The van der Waals surface area contributed by atoms with Crippen molar-refractivity contribution in [2.24, 2.45) is 5.41 Å². The van der Waals surface area contributed by atoms with Crippen LogP contribution in [0.1, 0.15) is 48.3 Å². The summed E-state index contributed by atoms with van der Waals surface area (Å²) >= 11 is 1.22. The Morgan fingerprint density at radius 1 is 1.60 bits per heavy atom. The molecule has 1 aliphatic rings. The molecule has 2 rings (SSSR count). The van der Waals surface area contributed by atoms with E-state index in [0.717, 1.165) is 6.54 Å². The molecule has 1 saturated carbocycles. The standard InChI is InChI=1S/C14H19N3O2S/c1-3-19-13(18)10-11(16)9(7-15)20-12(10)17-8-14(2)5-4-6-14/h17H,3-6,8,16H2,1-2H3. The lowest BCUT2D eigenvalue weighted by atomic mass is 9.70. The fraction of sp³-hybridized carbons (Fsp3) is 0.571. The van der Waals surface area contributed by atoms with Crippen LogP contribution in [0.4, 0.5) is 10.7 Å². The third kappa shape index (κ3) is 2.73. The third-order valence-corrected chi connectivity index (χ3v) is 4.83. The molecule has 6 heteroatoms. The van der Waals surface area contributed by atoms with E-state index in [4.69, 9.17) is 15.7 Å². The Morgan fingerprint density at radius 3 is 2.80 bits per heavy atom. The Balaban J connectivity index is 2.22. The number of nitrogens with one attached hydrogen (secondary N) is 1. The largest absolute Gasteiger partial charge is 0.462 e. The molecule has 20 heavy (non-hydrogen) atoms. The van der Waals surface area contributed by atoms with E-state index in [-0.39, 0.29) is 17.7 Å². The van der Waals surface area contributed by atoms with Gasteiger partial charge in [0.1, 0.15) is 21.5 Å². The van der Waals surface area contributed by atoms with E-state index in [0.29, 0.717) is 15.4 Å². The number of hydrogen-bond donors (Lipinski definition) is 2. The lowest BCUT2D eigenvalue weighted by Gasteiger charge is -2.38. The highest BCUT2D eigenvalue weighted by Gasteiger charge is 2.32. The van der Waals surface area contributed by atoms with Crippen molar-refractivity contribution in [1.82, 2.24) is 0 Å². The molecule has 5 nitrogen and oxygen atoms in total. The van der Waals surface area contributed by atoms with Gasteiger partial charge in [0, 0.05) is 6.54 Å². The quantitative estimate of drug-likeness (QED) is 0.815. The highest BCUT2D eigenvalue weighted by molar-refractivity contribution is 7.17. The lowest BCUT2D eigenvalue weighted by Crippen LogP contribution is -2.33. The van der Waals surface area contributed by atoms with Crippen molar-refractivity contribution >= 4 is 28.0 Å². The van der Waals surface area contributed by atoms with Crippen molar-refractivity contribution in [3.05, 3.63) is 10.4 Å². The van der Waals surface area contributed by atoms with E-state index in [1.54, 1.807) is 6.92 Å². The minimum absolute atomic E-state index is 0.220. The molecule has 0 spiro atoms. The van der Waals surface area contributed by atoms with E-state index in [9.17, 15) is 4.79 Å². The monoisotopic (exact) mass is 293 g/mol. The molecule has 1 aromatic rings. The molecule has 0 saturated heterocycles. The first-order valence-corrected chi connectivity index (χ1v) is 7.56. The van der Waals surface area contributed by atoms with E-state index >= 15 is 0 Å². The van der Waals surface area contributed by atoms with Gasteiger partial charge in [-0.1, -0.05) is 13.3 Å². The van der Waals surface area contributed by atoms with Crippen LogP contribution in [0.2, 0.25) is 0 Å². The Labute approximate surface area is 122 Å². The fourth-order valence-electron chi connectivity index (χ4n) is 2.31. The van der Waals surface area contributed by atoms with Gasteiger partial charge in [0.25, 0.3) is 0 Å². The van der Waals surface area contributed by atoms with E-state index < -0.39 is 5.97 Å². The third-order valence-electron chi connectivity index (χ3n) is 3.76. The minimum atomic E-state index is -0.469. The SMILES string of the molecule is CCOC(=O)c1c(NCC2(C)CCC2)sc(C#N)c1N. The van der Waals surface area contributed by atoms with Gasteiger partial charge in [0.2, 0.25) is 0 Å². The molecule has 0 bridgehead atoms. The van der Waals surface area contributed by atoms with Crippen molar-refractivity contribution < 1.29 is 9.53 Å². The number of carbonyl (C=O) groups excluding carboxylic acids is 1. The molecule has 3 N–H and O–H groups in total. The molecular formula is C14H19N3O2S. The predicted molar refractivity (Wildman–Crippen MR) is 79.9 cm³/mol. The molecule has 1 aromatic heterocycles. The normalized spacial score (nSPS) is 16.1. The van der Waals surface area contributed by atoms with Gasteiger partial charge in [-0.3, -0.25) is 0 Å². The fourth-order valence-corrected chi connectivity index (χ4v) is 3.21. The van der Waals surface area contributed by atoms with Crippen LogP contribution >= 0.6 is 11.3 Å². The number of nitrogen functional groups attached to an aromatic ring is 1. The topological polar surface area (TPSA) is 88.1 Å². The first kappa shape index (κ1) is 14.7. The van der Waals surface area contributed by atoms with Crippen LogP contribution in [0.5, 0.6) is 0 Å². The van der Waals surface area contributed by atoms with Gasteiger partial charge >= 0.3 is 5.97 Å². The Hall–Kier alpha value is -1.74. The molecule has 1 fully saturated rings. The second kappa shape index (κ2) is 5.71. The molecule has 0 radical (unpaired) electrons. The van der Waals surface area contributed by atoms with Gasteiger partial charge in [-0.2, -0.15) is 5.26 Å². The number of nitriles is 1. The summed E-state index contributed by atoms with van der Waals surface area (Å²) < 4.78 is 5.02. The number of carbonyl (C=O) groups is 1. The van der Waals surface area contributed by atoms with Crippen LogP contribution in [0.3, 0.4) is 0 Å². The molecule has 1 heterocycles. The molecule has 0 aromatic carbocycles. The van der Waals surface area contributed by atoms with Gasteiger partial charge in [-0.15, -0.1) is 11.3 Å². The zero-order chi connectivity index (χ0) is 14.8. The smallest absolute Gasteiger partial charge is 0.343 e. The summed E-state index contributed by atoms with van der Waals surface area (Å²) in [6.07, 6.45) is 3.61. The number of hydrogen-bond acceptors (Lipinski definition) is 6. The van der Waals surface area contributed by atoms with Crippen molar-refractivity contribution in [3.8, 4) is 6.07 Å². The highest BCUT2D eigenvalue weighted by atomic mass is 32.1. The summed E-state index contributed by atoms with van der Waals surface area (Å²) in [5.41, 5.74) is 6.68. The number of esters is 1. The van der Waals surface area contributed by atoms with Crippen molar-refractivity contribution in [3.63, 3.8) is 0 Å². The first-order valence-electron chi connectivity index (χ1n) is 6.74. The van der Waals surface area contributed by atoms with Gasteiger partial charge < -0.3 is 15.8 Å². The van der Waals surface area contributed by atoms with Crippen LogP contribution in [0, 0.1) is 16.7 Å². The number of nitrogens with two attached hydrogens (primary N) is 1. The lowest BCUT2D eigenvalue weighted by molar-refractivity contribution is 0.0529. The van der Waals surface area contributed by atoms with Gasteiger partial charge in [-0.25, -0.2) is 4.79 Å². The summed E-state index contributed by atoms with van der Waals surface area (Å²) in [5.74, 6) is -0.469. The summed E-state index contributed by atoms with van der Waals surface area (Å²) in [5, 5.41) is 13.0. The second-order valence-corrected chi connectivity index (χ2v) is 6.42. The van der Waals surface area contributed by atoms with Gasteiger partial charge in [-0.05, 0) is 25.2 Å². The summed E-state index contributed by atoms with van der Waals surface area (Å²) in [6, 6.07) is 2.02. The van der Waals surface area contributed by atoms with Crippen LogP contribution < -0.4 is 11.1 Å². The van der Waals surface area contributed by atoms with Gasteiger partial charge in [0.15, 0.2) is 0 Å². The molecule has 1 aliphatic carbocycles. The number of thiophene rings is 1. The Bertz CT molecular complexity index is 556. The summed E-state index contributed by atoms with van der Waals surface area (Å²) in [6.45, 7) is 5.03. The zero-order valence-corrected chi connectivity index (χ0v) is 12.6. The molecule has 0 atom stereocenters. The molecule has 0 aliphatic heterocycles. The predicted octanol–water partition coefficient (Wildman–Crippen LogP) is 2.98. The van der Waals surface area contributed by atoms with E-state index in [2.05, 4.69) is 12.2 Å². The molecule has 108 valence electrons. The highest BCUT2D eigenvalue weighted by Crippen LogP contribution is 2.42. The average Bonchev–Trinajstić information content (AvgIpc) is 2.70. The number of rotatable bonds is 5. The van der Waals surface area contributed by atoms with E-state index in [1.807, 2.05) is 6.07 Å². The number of nitrogens with zero attached hydrogens (tertiary/aromatic N) is 1. The van der Waals surface area contributed by atoms with Crippen LogP contribution in [-0.2, 0) is 4.74 Å². The average molecular weight is 293 g/mol. The Morgan fingerprint density at radius 2 is 2.30 bits per heavy atom. The summed E-state index contributed by atoms with van der Waals surface area (Å²) in [4.78, 5) is 12.3.